The van der Waals surface area contributed by atoms with Crippen molar-refractivity contribution < 1.29 is 4.74 Å². The fourth-order valence-electron chi connectivity index (χ4n) is 0.743. The number of nitrogens with zero attached hydrogens (tertiary/aromatic N) is 2. The molecule has 2 heterocycles. The molecule has 50 valence electrons. The average molecular weight is 135 g/mol. The summed E-state index contributed by atoms with van der Waals surface area (Å²) in [6.45, 7) is 0. The first kappa shape index (κ1) is 5.22. The minimum Gasteiger partial charge on any atom is -0.460 e. The molecule has 1 aromatic rings. The normalized spacial score (nSPS) is 13.2. The Bertz CT molecular complexity index is 244. The molecule has 2 rings (SSSR count). The molecule has 0 saturated carbocycles. The largest absolute Gasteiger partial charge is 0.460 e. The van der Waals surface area contributed by atoms with E-state index in [1.54, 1.807) is 24.9 Å². The molecule has 0 saturated heterocycles. The monoisotopic (exact) mass is 135 g/mol. The number of nitrogens with one attached hydrogen (secondary N) is 1. The van der Waals surface area contributed by atoms with E-state index in [-0.39, 0.29) is 0 Å². The first-order valence-corrected chi connectivity index (χ1v) is 2.86. The number of hydrogen-bond acceptors (Lipinski definition) is 4. The Morgan fingerprint density at radius 2 is 2.20 bits per heavy atom. The van der Waals surface area contributed by atoms with E-state index >= 15 is 0 Å². The van der Waals surface area contributed by atoms with E-state index in [2.05, 4.69) is 15.5 Å². The zero-order chi connectivity index (χ0) is 6.81. The van der Waals surface area contributed by atoms with Gasteiger partial charge >= 0.3 is 0 Å². The molecule has 0 spiro atoms. The lowest BCUT2D eigenvalue weighted by Crippen LogP contribution is -2.00. The molecule has 0 aliphatic carbocycles. The number of fused-ring (bicyclic) bond motifs is 1. The summed E-state index contributed by atoms with van der Waals surface area (Å²) in [5.74, 6) is 0.706. The highest BCUT2D eigenvalue weighted by atomic mass is 16.5. The van der Waals surface area contributed by atoms with Gasteiger partial charge in [0.15, 0.2) is 5.75 Å². The summed E-state index contributed by atoms with van der Waals surface area (Å²) in [7, 11) is 0. The molecule has 10 heavy (non-hydrogen) atoms. The molecule has 0 fully saturated rings. The van der Waals surface area contributed by atoms with Gasteiger partial charge in [0.2, 0.25) is 0 Å². The van der Waals surface area contributed by atoms with E-state index < -0.39 is 0 Å². The highest BCUT2D eigenvalue weighted by Crippen LogP contribution is 2.23. The second-order valence-electron chi connectivity index (χ2n) is 1.83. The summed E-state index contributed by atoms with van der Waals surface area (Å²) in [5.41, 5.74) is 0.845. The van der Waals surface area contributed by atoms with Gasteiger partial charge in [0, 0.05) is 6.20 Å². The van der Waals surface area contributed by atoms with Crippen molar-refractivity contribution >= 4 is 5.69 Å². The Hall–Kier alpha value is -1.58. The van der Waals surface area contributed by atoms with Gasteiger partial charge in [-0.15, -0.1) is 0 Å². The Balaban J connectivity index is 2.47. The van der Waals surface area contributed by atoms with Crippen molar-refractivity contribution in [2.75, 3.05) is 5.32 Å². The number of aromatic nitrogens is 2. The molecule has 0 atom stereocenters. The van der Waals surface area contributed by atoms with Gasteiger partial charge in [-0.3, -0.25) is 0 Å². The smallest absolute Gasteiger partial charge is 0.171 e. The van der Waals surface area contributed by atoms with Crippen molar-refractivity contribution in [1.82, 2.24) is 10.2 Å². The Morgan fingerprint density at radius 1 is 1.30 bits per heavy atom. The van der Waals surface area contributed by atoms with Gasteiger partial charge in [-0.2, -0.15) is 10.2 Å². The first-order valence-electron chi connectivity index (χ1n) is 2.86. The molecule has 4 heteroatoms. The van der Waals surface area contributed by atoms with Gasteiger partial charge in [0.05, 0.1) is 12.4 Å². The van der Waals surface area contributed by atoms with Crippen molar-refractivity contribution in [3.05, 3.63) is 24.9 Å². The Labute approximate surface area is 57.5 Å². The van der Waals surface area contributed by atoms with Crippen LogP contribution in [0.1, 0.15) is 0 Å². The molecule has 1 N–H and O–H groups in total. The predicted molar refractivity (Wildman–Crippen MR) is 35.4 cm³/mol. The number of anilines is 1. The summed E-state index contributed by atoms with van der Waals surface area (Å²) in [4.78, 5) is 0. The summed E-state index contributed by atoms with van der Waals surface area (Å²) in [5, 5.41) is 10.3. The molecular formula is C6H5N3O. The van der Waals surface area contributed by atoms with E-state index in [9.17, 15) is 0 Å². The summed E-state index contributed by atoms with van der Waals surface area (Å²) in [6, 6.07) is 0. The number of rotatable bonds is 0. The van der Waals surface area contributed by atoms with Crippen LogP contribution in [0.15, 0.2) is 24.9 Å². The lowest BCUT2D eigenvalue weighted by molar-refractivity contribution is 0.473. The van der Waals surface area contributed by atoms with Gasteiger partial charge in [-0.1, -0.05) is 0 Å². The van der Waals surface area contributed by atoms with Crippen LogP contribution in [-0.2, 0) is 0 Å². The van der Waals surface area contributed by atoms with Gasteiger partial charge in [0.25, 0.3) is 0 Å². The van der Waals surface area contributed by atoms with Crippen molar-refractivity contribution in [3.8, 4) is 5.75 Å². The highest BCUT2D eigenvalue weighted by molar-refractivity contribution is 5.56. The van der Waals surface area contributed by atoms with Gasteiger partial charge in [0.1, 0.15) is 11.9 Å². The van der Waals surface area contributed by atoms with Crippen LogP contribution in [0.3, 0.4) is 0 Å². The SMILES string of the molecule is C1=COc2cnncc2N1. The van der Waals surface area contributed by atoms with Crippen LogP contribution in [0.2, 0.25) is 0 Å². The second-order valence-corrected chi connectivity index (χ2v) is 1.83. The Morgan fingerprint density at radius 3 is 3.10 bits per heavy atom. The summed E-state index contributed by atoms with van der Waals surface area (Å²) in [6.07, 6.45) is 6.43. The third-order valence-corrected chi connectivity index (χ3v) is 1.20. The predicted octanol–water partition coefficient (Wildman–Crippen LogP) is 0.752. The van der Waals surface area contributed by atoms with Crippen LogP contribution in [0, 0.1) is 0 Å². The van der Waals surface area contributed by atoms with Gasteiger partial charge < -0.3 is 10.1 Å². The third kappa shape index (κ3) is 0.699. The minimum absolute atomic E-state index is 0.706. The molecule has 1 aromatic heterocycles. The van der Waals surface area contributed by atoms with Gasteiger partial charge in [-0.05, 0) is 0 Å². The summed E-state index contributed by atoms with van der Waals surface area (Å²) >= 11 is 0. The zero-order valence-electron chi connectivity index (χ0n) is 5.11. The molecule has 0 amide bonds. The first-order chi connectivity index (χ1) is 4.97. The second kappa shape index (κ2) is 1.98. The van der Waals surface area contributed by atoms with Crippen molar-refractivity contribution in [2.24, 2.45) is 0 Å². The Kier molecular flexibility index (Phi) is 1.04. The van der Waals surface area contributed by atoms with E-state index in [1.807, 2.05) is 0 Å². The molecule has 1 aliphatic heterocycles. The maximum absolute atomic E-state index is 5.08. The van der Waals surface area contributed by atoms with E-state index in [0.717, 1.165) is 5.69 Å². The third-order valence-electron chi connectivity index (χ3n) is 1.20. The lowest BCUT2D eigenvalue weighted by atomic mass is 10.4. The molecule has 1 aliphatic rings. The summed E-state index contributed by atoms with van der Waals surface area (Å²) < 4.78 is 5.08. The fraction of sp³-hybridized carbons (Fsp3) is 0. The zero-order valence-corrected chi connectivity index (χ0v) is 5.11. The van der Waals surface area contributed by atoms with Crippen LogP contribution in [0.5, 0.6) is 5.75 Å². The number of hydrogen-bond donors (Lipinski definition) is 1. The van der Waals surface area contributed by atoms with E-state index in [0.29, 0.717) is 5.75 Å². The van der Waals surface area contributed by atoms with E-state index in [4.69, 9.17) is 4.74 Å². The van der Waals surface area contributed by atoms with Crippen LogP contribution in [-0.4, -0.2) is 10.2 Å². The van der Waals surface area contributed by atoms with Crippen LogP contribution in [0.4, 0.5) is 5.69 Å². The minimum atomic E-state index is 0.706. The topological polar surface area (TPSA) is 47.0 Å². The van der Waals surface area contributed by atoms with Crippen LogP contribution >= 0.6 is 0 Å². The van der Waals surface area contributed by atoms with Crippen molar-refractivity contribution in [2.45, 2.75) is 0 Å². The maximum atomic E-state index is 5.08. The molecule has 4 nitrogen and oxygen atoms in total. The molecular weight excluding hydrogens is 130 g/mol. The number of ether oxygens (including phenoxy) is 1. The average Bonchev–Trinajstić information content (AvgIpc) is 2.05. The van der Waals surface area contributed by atoms with Crippen LogP contribution < -0.4 is 10.1 Å². The fourth-order valence-corrected chi connectivity index (χ4v) is 0.743. The quantitative estimate of drug-likeness (QED) is 0.570. The standard InChI is InChI=1S/C6H5N3O/c1-2-10-6-4-9-8-3-5(6)7-1/h1-4,7H. The van der Waals surface area contributed by atoms with Crippen molar-refractivity contribution in [1.29, 1.82) is 0 Å². The lowest BCUT2D eigenvalue weighted by Gasteiger charge is -2.09. The molecule has 0 aromatic carbocycles. The van der Waals surface area contributed by atoms with E-state index in [1.165, 1.54) is 0 Å². The highest BCUT2D eigenvalue weighted by Gasteiger charge is 2.03. The van der Waals surface area contributed by atoms with Crippen molar-refractivity contribution in [3.63, 3.8) is 0 Å². The maximum Gasteiger partial charge on any atom is 0.171 e. The molecule has 0 unspecified atom stereocenters. The molecule has 0 bridgehead atoms. The van der Waals surface area contributed by atoms with Gasteiger partial charge in [-0.25, -0.2) is 0 Å². The molecule has 0 radical (unpaired) electrons. The van der Waals surface area contributed by atoms with Crippen LogP contribution in [0.25, 0.3) is 0 Å².